The van der Waals surface area contributed by atoms with Gasteiger partial charge in [-0.15, -0.1) is 0 Å². The van der Waals surface area contributed by atoms with Crippen molar-refractivity contribution in [1.29, 1.82) is 0 Å². The van der Waals surface area contributed by atoms with Gasteiger partial charge in [-0.3, -0.25) is 4.40 Å². The van der Waals surface area contributed by atoms with Crippen LogP contribution in [0.4, 0.5) is 5.82 Å². The number of rotatable bonds is 1. The number of anilines is 1. The van der Waals surface area contributed by atoms with Gasteiger partial charge in [0.05, 0.1) is 0 Å². The predicted molar refractivity (Wildman–Crippen MR) is 77.5 cm³/mol. The quantitative estimate of drug-likeness (QED) is 0.745. The molecule has 2 N–H and O–H groups in total. The number of benzene rings is 1. The molecule has 0 atom stereocenters. The second kappa shape index (κ2) is 4.14. The fourth-order valence-electron chi connectivity index (χ4n) is 2.02. The number of halogens is 1. The van der Waals surface area contributed by atoms with E-state index in [9.17, 15) is 0 Å². The fourth-order valence-corrected chi connectivity index (χ4v) is 2.49. The van der Waals surface area contributed by atoms with Crippen LogP contribution in [-0.4, -0.2) is 9.38 Å². The average Bonchev–Trinajstić information content (AvgIpc) is 2.68. The van der Waals surface area contributed by atoms with Crippen LogP contribution in [0, 0.1) is 6.92 Å². The third-order valence-corrected chi connectivity index (χ3v) is 3.62. The monoisotopic (exact) mass is 301 g/mol. The highest BCUT2D eigenvalue weighted by atomic mass is 79.9. The largest absolute Gasteiger partial charge is 0.383 e. The Balaban J connectivity index is 2.31. The van der Waals surface area contributed by atoms with E-state index in [4.69, 9.17) is 5.73 Å². The molecule has 0 aliphatic rings. The average molecular weight is 302 g/mol. The molecule has 0 amide bonds. The number of imidazole rings is 1. The van der Waals surface area contributed by atoms with Crippen LogP contribution < -0.4 is 5.73 Å². The standard InChI is InChI=1S/C14H12BrN3/c1-9-6-7-12-17-13(14(16)18(12)8-9)10-4-2-3-5-11(10)15/h2-8H,16H2,1H3. The van der Waals surface area contributed by atoms with Gasteiger partial charge in [-0.1, -0.05) is 40.2 Å². The third-order valence-electron chi connectivity index (χ3n) is 2.93. The summed E-state index contributed by atoms with van der Waals surface area (Å²) in [4.78, 5) is 4.59. The molecule has 0 saturated heterocycles. The number of nitrogens with zero attached hydrogens (tertiary/aromatic N) is 2. The highest BCUT2D eigenvalue weighted by molar-refractivity contribution is 9.10. The maximum atomic E-state index is 6.19. The van der Waals surface area contributed by atoms with Crippen molar-refractivity contribution in [2.24, 2.45) is 0 Å². The summed E-state index contributed by atoms with van der Waals surface area (Å²) in [7, 11) is 0. The SMILES string of the molecule is Cc1ccc2nc(-c3ccccc3Br)c(N)n2c1. The minimum atomic E-state index is 0.667. The normalized spacial score (nSPS) is 11.0. The van der Waals surface area contributed by atoms with Gasteiger partial charge in [0.15, 0.2) is 0 Å². The van der Waals surface area contributed by atoms with Crippen LogP contribution >= 0.6 is 15.9 Å². The van der Waals surface area contributed by atoms with E-state index in [0.29, 0.717) is 5.82 Å². The van der Waals surface area contributed by atoms with Crippen molar-refractivity contribution in [2.45, 2.75) is 6.92 Å². The molecule has 2 aromatic heterocycles. The topological polar surface area (TPSA) is 43.3 Å². The molecule has 0 fully saturated rings. The molecule has 0 bridgehead atoms. The highest BCUT2D eigenvalue weighted by Gasteiger charge is 2.13. The summed E-state index contributed by atoms with van der Waals surface area (Å²) in [5, 5.41) is 0. The summed E-state index contributed by atoms with van der Waals surface area (Å²) in [5.41, 5.74) is 10.0. The molecule has 18 heavy (non-hydrogen) atoms. The van der Waals surface area contributed by atoms with Gasteiger partial charge < -0.3 is 5.73 Å². The van der Waals surface area contributed by atoms with Crippen molar-refractivity contribution in [3.63, 3.8) is 0 Å². The second-order valence-electron chi connectivity index (χ2n) is 4.26. The van der Waals surface area contributed by atoms with E-state index in [1.165, 1.54) is 0 Å². The maximum absolute atomic E-state index is 6.19. The smallest absolute Gasteiger partial charge is 0.139 e. The minimum Gasteiger partial charge on any atom is -0.383 e. The molecule has 90 valence electrons. The first-order valence-electron chi connectivity index (χ1n) is 5.66. The summed E-state index contributed by atoms with van der Waals surface area (Å²) in [6.07, 6.45) is 2.00. The summed E-state index contributed by atoms with van der Waals surface area (Å²) >= 11 is 3.53. The molecule has 2 heterocycles. The van der Waals surface area contributed by atoms with Crippen LogP contribution in [0.3, 0.4) is 0 Å². The Morgan fingerprint density at radius 1 is 1.17 bits per heavy atom. The summed E-state index contributed by atoms with van der Waals surface area (Å²) in [5.74, 6) is 0.667. The Bertz CT molecular complexity index is 731. The van der Waals surface area contributed by atoms with Crippen LogP contribution in [0.5, 0.6) is 0 Å². The first-order chi connectivity index (χ1) is 8.66. The third kappa shape index (κ3) is 1.69. The van der Waals surface area contributed by atoms with Gasteiger partial charge in [0.25, 0.3) is 0 Å². The van der Waals surface area contributed by atoms with Crippen LogP contribution in [-0.2, 0) is 0 Å². The predicted octanol–water partition coefficient (Wildman–Crippen LogP) is 3.65. The van der Waals surface area contributed by atoms with E-state index < -0.39 is 0 Å². The number of aryl methyl sites for hydroxylation is 1. The first-order valence-corrected chi connectivity index (χ1v) is 6.45. The van der Waals surface area contributed by atoms with Crippen LogP contribution in [0.15, 0.2) is 47.1 Å². The van der Waals surface area contributed by atoms with Crippen molar-refractivity contribution in [3.05, 3.63) is 52.6 Å². The Labute approximate surface area is 113 Å². The van der Waals surface area contributed by atoms with Gasteiger partial charge in [0.2, 0.25) is 0 Å². The van der Waals surface area contributed by atoms with Gasteiger partial charge in [-0.2, -0.15) is 0 Å². The van der Waals surface area contributed by atoms with Gasteiger partial charge in [-0.25, -0.2) is 4.98 Å². The Kier molecular flexibility index (Phi) is 2.59. The fraction of sp³-hybridized carbons (Fsp3) is 0.0714. The molecule has 0 radical (unpaired) electrons. The lowest BCUT2D eigenvalue weighted by molar-refractivity contribution is 1.16. The van der Waals surface area contributed by atoms with E-state index in [2.05, 4.69) is 20.9 Å². The Morgan fingerprint density at radius 3 is 2.72 bits per heavy atom. The zero-order valence-electron chi connectivity index (χ0n) is 9.89. The second-order valence-corrected chi connectivity index (χ2v) is 5.11. The first kappa shape index (κ1) is 11.3. The molecule has 3 nitrogen and oxygen atoms in total. The van der Waals surface area contributed by atoms with Crippen LogP contribution in [0.2, 0.25) is 0 Å². The minimum absolute atomic E-state index is 0.667. The zero-order valence-corrected chi connectivity index (χ0v) is 11.5. The van der Waals surface area contributed by atoms with E-state index in [0.717, 1.165) is 26.9 Å². The lowest BCUT2D eigenvalue weighted by atomic mass is 10.1. The highest BCUT2D eigenvalue weighted by Crippen LogP contribution is 2.32. The number of hydrogen-bond acceptors (Lipinski definition) is 2. The van der Waals surface area contributed by atoms with Crippen molar-refractivity contribution in [1.82, 2.24) is 9.38 Å². The van der Waals surface area contributed by atoms with Crippen molar-refractivity contribution < 1.29 is 0 Å². The van der Waals surface area contributed by atoms with E-state index in [1.807, 2.05) is 53.9 Å². The molecule has 3 rings (SSSR count). The number of fused-ring (bicyclic) bond motifs is 1. The number of hydrogen-bond donors (Lipinski definition) is 1. The van der Waals surface area contributed by atoms with Gasteiger partial charge in [0, 0.05) is 16.2 Å². The molecule has 1 aromatic carbocycles. The van der Waals surface area contributed by atoms with E-state index in [-0.39, 0.29) is 0 Å². The number of aromatic nitrogens is 2. The number of nitrogens with two attached hydrogens (primary N) is 1. The molecule has 0 saturated carbocycles. The molecule has 0 unspecified atom stereocenters. The van der Waals surface area contributed by atoms with Crippen molar-refractivity contribution in [3.8, 4) is 11.3 Å². The molecule has 3 aromatic rings. The Hall–Kier alpha value is -1.81. The molecule has 0 aliphatic carbocycles. The Morgan fingerprint density at radius 2 is 1.94 bits per heavy atom. The van der Waals surface area contributed by atoms with Crippen molar-refractivity contribution in [2.75, 3.05) is 5.73 Å². The maximum Gasteiger partial charge on any atom is 0.139 e. The lowest BCUT2D eigenvalue weighted by Gasteiger charge is -2.02. The summed E-state index contributed by atoms with van der Waals surface area (Å²) < 4.78 is 2.92. The zero-order chi connectivity index (χ0) is 12.7. The summed E-state index contributed by atoms with van der Waals surface area (Å²) in [6.45, 7) is 2.04. The van der Waals surface area contributed by atoms with E-state index >= 15 is 0 Å². The molecular weight excluding hydrogens is 290 g/mol. The van der Waals surface area contributed by atoms with Gasteiger partial charge in [-0.05, 0) is 24.6 Å². The molecule has 0 aliphatic heterocycles. The van der Waals surface area contributed by atoms with Crippen molar-refractivity contribution >= 4 is 27.4 Å². The van der Waals surface area contributed by atoms with Crippen LogP contribution in [0.1, 0.15) is 5.56 Å². The lowest BCUT2D eigenvalue weighted by Crippen LogP contribution is -1.94. The van der Waals surface area contributed by atoms with Gasteiger partial charge >= 0.3 is 0 Å². The number of pyridine rings is 1. The number of nitrogen functional groups attached to an aromatic ring is 1. The van der Waals surface area contributed by atoms with E-state index in [1.54, 1.807) is 0 Å². The summed E-state index contributed by atoms with van der Waals surface area (Å²) in [6, 6.07) is 12.0. The van der Waals surface area contributed by atoms with Crippen LogP contribution in [0.25, 0.3) is 16.9 Å². The molecule has 0 spiro atoms. The van der Waals surface area contributed by atoms with Gasteiger partial charge in [0.1, 0.15) is 17.2 Å². The molecule has 4 heteroatoms. The molecular formula is C14H12BrN3.